The molecule has 0 unspecified atom stereocenters. The van der Waals surface area contributed by atoms with Gasteiger partial charge in [-0.05, 0) is 36.4 Å². The molecule has 0 aliphatic carbocycles. The molecule has 0 atom stereocenters. The number of aliphatic hydroxyl groups excluding tert-OH is 1. The van der Waals surface area contributed by atoms with Gasteiger partial charge in [-0.3, -0.25) is 9.97 Å². The summed E-state index contributed by atoms with van der Waals surface area (Å²) < 4.78 is 11.0. The number of pyridine rings is 3. The van der Waals surface area contributed by atoms with Crippen LogP contribution in [0, 0.1) is 0 Å². The van der Waals surface area contributed by atoms with Gasteiger partial charge in [0.25, 0.3) is 0 Å². The van der Waals surface area contributed by atoms with Gasteiger partial charge in [-0.1, -0.05) is 6.07 Å². The standard InChI is InChI=1S/C19H17N3O4/c23-18(24)13-10-16(14-3-1-2-5-20-14)22-17(11-13)15-9-12(4-6-21-15)19-25-7-8-26-19/h1-6,9-11,18-19,23-24H,7-8H2. The van der Waals surface area contributed by atoms with Crippen molar-refractivity contribution in [1.82, 2.24) is 15.0 Å². The second-order valence-electron chi connectivity index (χ2n) is 5.81. The summed E-state index contributed by atoms with van der Waals surface area (Å²) in [6, 6.07) is 12.3. The molecule has 3 aromatic heterocycles. The van der Waals surface area contributed by atoms with Gasteiger partial charge in [0.05, 0.1) is 36.0 Å². The highest BCUT2D eigenvalue weighted by Gasteiger charge is 2.20. The molecule has 1 saturated heterocycles. The van der Waals surface area contributed by atoms with Crippen LogP contribution in [0.2, 0.25) is 0 Å². The molecule has 132 valence electrons. The van der Waals surface area contributed by atoms with Crippen molar-refractivity contribution in [2.75, 3.05) is 13.2 Å². The maximum Gasteiger partial charge on any atom is 0.184 e. The molecule has 0 aromatic carbocycles. The monoisotopic (exact) mass is 351 g/mol. The van der Waals surface area contributed by atoms with Crippen molar-refractivity contribution in [3.63, 3.8) is 0 Å². The minimum Gasteiger partial charge on any atom is -0.364 e. The van der Waals surface area contributed by atoms with E-state index in [-0.39, 0.29) is 0 Å². The van der Waals surface area contributed by atoms with E-state index in [9.17, 15) is 10.2 Å². The maximum absolute atomic E-state index is 9.64. The van der Waals surface area contributed by atoms with Crippen LogP contribution in [0.25, 0.3) is 22.8 Å². The lowest BCUT2D eigenvalue weighted by atomic mass is 10.1. The van der Waals surface area contributed by atoms with Gasteiger partial charge in [0.15, 0.2) is 12.6 Å². The first kappa shape index (κ1) is 16.7. The highest BCUT2D eigenvalue weighted by Crippen LogP contribution is 2.28. The molecule has 1 aliphatic heterocycles. The first-order chi connectivity index (χ1) is 12.7. The summed E-state index contributed by atoms with van der Waals surface area (Å²) in [5, 5.41) is 19.3. The number of aromatic nitrogens is 3. The number of ether oxygens (including phenoxy) is 2. The molecule has 26 heavy (non-hydrogen) atoms. The predicted molar refractivity (Wildman–Crippen MR) is 92.5 cm³/mol. The Morgan fingerprint density at radius 3 is 2.27 bits per heavy atom. The number of nitrogens with zero attached hydrogens (tertiary/aromatic N) is 3. The van der Waals surface area contributed by atoms with E-state index in [4.69, 9.17) is 9.47 Å². The summed E-state index contributed by atoms with van der Waals surface area (Å²) in [4.78, 5) is 13.2. The number of rotatable bonds is 4. The Morgan fingerprint density at radius 1 is 0.846 bits per heavy atom. The Labute approximate surface area is 149 Å². The number of hydrogen-bond acceptors (Lipinski definition) is 7. The molecular formula is C19H17N3O4. The number of aliphatic hydroxyl groups is 2. The zero-order chi connectivity index (χ0) is 17.9. The van der Waals surface area contributed by atoms with Gasteiger partial charge < -0.3 is 19.7 Å². The van der Waals surface area contributed by atoms with Gasteiger partial charge in [-0.2, -0.15) is 0 Å². The Hall–Kier alpha value is -2.71. The number of hydrogen-bond donors (Lipinski definition) is 2. The van der Waals surface area contributed by atoms with E-state index in [0.717, 1.165) is 5.56 Å². The van der Waals surface area contributed by atoms with Gasteiger partial charge in [-0.15, -0.1) is 0 Å². The molecule has 2 N–H and O–H groups in total. The quantitative estimate of drug-likeness (QED) is 0.696. The molecule has 4 heterocycles. The molecule has 7 heteroatoms. The SMILES string of the molecule is OC(O)c1cc(-c2ccccn2)nc(-c2cc(C3OCCO3)ccn2)c1. The Morgan fingerprint density at radius 2 is 1.58 bits per heavy atom. The van der Waals surface area contributed by atoms with Crippen molar-refractivity contribution in [2.24, 2.45) is 0 Å². The molecule has 0 saturated carbocycles. The highest BCUT2D eigenvalue weighted by molar-refractivity contribution is 5.63. The molecule has 3 aromatic rings. The van der Waals surface area contributed by atoms with E-state index in [1.54, 1.807) is 24.5 Å². The Bertz CT molecular complexity index is 896. The molecule has 0 radical (unpaired) electrons. The molecule has 7 nitrogen and oxygen atoms in total. The molecule has 0 spiro atoms. The van der Waals surface area contributed by atoms with Gasteiger partial charge in [-0.25, -0.2) is 4.98 Å². The summed E-state index contributed by atoms with van der Waals surface area (Å²) >= 11 is 0. The highest BCUT2D eigenvalue weighted by atomic mass is 16.7. The van der Waals surface area contributed by atoms with E-state index in [1.807, 2.05) is 30.3 Å². The fraction of sp³-hybridized carbons (Fsp3) is 0.211. The van der Waals surface area contributed by atoms with Crippen LogP contribution in [0.5, 0.6) is 0 Å². The second-order valence-corrected chi connectivity index (χ2v) is 5.81. The van der Waals surface area contributed by atoms with Crippen LogP contribution in [0.4, 0.5) is 0 Å². The van der Waals surface area contributed by atoms with Crippen LogP contribution in [-0.2, 0) is 9.47 Å². The van der Waals surface area contributed by atoms with Crippen molar-refractivity contribution in [3.05, 3.63) is 66.0 Å². The first-order valence-electron chi connectivity index (χ1n) is 8.20. The van der Waals surface area contributed by atoms with Crippen LogP contribution in [0.3, 0.4) is 0 Å². The van der Waals surface area contributed by atoms with E-state index in [0.29, 0.717) is 41.6 Å². The van der Waals surface area contributed by atoms with Crippen molar-refractivity contribution in [2.45, 2.75) is 12.6 Å². The van der Waals surface area contributed by atoms with Crippen molar-refractivity contribution in [3.8, 4) is 22.8 Å². The zero-order valence-electron chi connectivity index (χ0n) is 13.8. The minimum atomic E-state index is -1.62. The van der Waals surface area contributed by atoms with E-state index < -0.39 is 12.6 Å². The minimum absolute atomic E-state index is 0.316. The first-order valence-corrected chi connectivity index (χ1v) is 8.20. The van der Waals surface area contributed by atoms with Gasteiger partial charge in [0.2, 0.25) is 0 Å². The molecule has 1 fully saturated rings. The van der Waals surface area contributed by atoms with Crippen LogP contribution in [0.1, 0.15) is 23.7 Å². The summed E-state index contributed by atoms with van der Waals surface area (Å²) in [7, 11) is 0. The van der Waals surface area contributed by atoms with Gasteiger partial charge >= 0.3 is 0 Å². The smallest absolute Gasteiger partial charge is 0.184 e. The molecular weight excluding hydrogens is 334 g/mol. The molecule has 1 aliphatic rings. The Kier molecular flexibility index (Phi) is 4.68. The predicted octanol–water partition coefficient (Wildman–Crippen LogP) is 2.23. The summed E-state index contributed by atoms with van der Waals surface area (Å²) in [6.45, 7) is 1.10. The summed E-state index contributed by atoms with van der Waals surface area (Å²) in [6.07, 6.45) is 1.27. The fourth-order valence-electron chi connectivity index (χ4n) is 2.76. The van der Waals surface area contributed by atoms with Gasteiger partial charge in [0.1, 0.15) is 0 Å². The van der Waals surface area contributed by atoms with Crippen LogP contribution in [-0.4, -0.2) is 38.4 Å². The van der Waals surface area contributed by atoms with E-state index in [1.165, 1.54) is 0 Å². The third kappa shape index (κ3) is 3.47. The third-order valence-corrected chi connectivity index (χ3v) is 4.01. The molecule has 0 amide bonds. The van der Waals surface area contributed by atoms with Crippen molar-refractivity contribution < 1.29 is 19.7 Å². The van der Waals surface area contributed by atoms with Crippen molar-refractivity contribution in [1.29, 1.82) is 0 Å². The largest absolute Gasteiger partial charge is 0.364 e. The lowest BCUT2D eigenvalue weighted by Gasteiger charge is -2.12. The Balaban J connectivity index is 1.78. The lowest BCUT2D eigenvalue weighted by molar-refractivity contribution is -0.0442. The van der Waals surface area contributed by atoms with Crippen LogP contribution in [0.15, 0.2) is 54.9 Å². The van der Waals surface area contributed by atoms with Crippen molar-refractivity contribution >= 4 is 0 Å². The topological polar surface area (TPSA) is 97.6 Å². The third-order valence-electron chi connectivity index (χ3n) is 4.01. The molecule has 0 bridgehead atoms. The average Bonchev–Trinajstić information content (AvgIpc) is 3.23. The normalized spacial score (nSPS) is 14.9. The lowest BCUT2D eigenvalue weighted by Crippen LogP contribution is -2.02. The van der Waals surface area contributed by atoms with E-state index >= 15 is 0 Å². The van der Waals surface area contributed by atoms with Crippen LogP contribution < -0.4 is 0 Å². The van der Waals surface area contributed by atoms with Gasteiger partial charge in [0, 0.05) is 23.5 Å². The fourth-order valence-corrected chi connectivity index (χ4v) is 2.76. The average molecular weight is 351 g/mol. The molecule has 4 rings (SSSR count). The zero-order valence-corrected chi connectivity index (χ0v) is 13.8. The summed E-state index contributed by atoms with van der Waals surface area (Å²) in [5.74, 6) is 0. The second kappa shape index (κ2) is 7.27. The van der Waals surface area contributed by atoms with Crippen LogP contribution >= 0.6 is 0 Å². The summed E-state index contributed by atoms with van der Waals surface area (Å²) in [5.41, 5.74) is 3.42. The van der Waals surface area contributed by atoms with E-state index in [2.05, 4.69) is 15.0 Å². The maximum atomic E-state index is 9.64.